The summed E-state index contributed by atoms with van der Waals surface area (Å²) in [6.45, 7) is 11.3. The van der Waals surface area contributed by atoms with E-state index in [1.54, 1.807) is 0 Å². The van der Waals surface area contributed by atoms with Gasteiger partial charge in [0.15, 0.2) is 0 Å². The lowest BCUT2D eigenvalue weighted by molar-refractivity contribution is 0.0130. The summed E-state index contributed by atoms with van der Waals surface area (Å²) in [4.78, 5) is 16.5. The van der Waals surface area contributed by atoms with Gasteiger partial charge < -0.3 is 20.3 Å². The van der Waals surface area contributed by atoms with Crippen molar-refractivity contribution < 1.29 is 9.53 Å². The lowest BCUT2D eigenvalue weighted by Crippen LogP contribution is -2.59. The van der Waals surface area contributed by atoms with Crippen molar-refractivity contribution in [1.82, 2.24) is 4.90 Å². The average molecular weight is 305 g/mol. The Morgan fingerprint density at radius 1 is 1.14 bits per heavy atom. The number of nitrogens with zero attached hydrogens (tertiary/aromatic N) is 2. The average Bonchev–Trinajstić information content (AvgIpc) is 2.40. The van der Waals surface area contributed by atoms with Gasteiger partial charge in [-0.05, 0) is 58.9 Å². The normalized spacial score (nSPS) is 22.6. The Morgan fingerprint density at radius 2 is 1.73 bits per heavy atom. The summed E-state index contributed by atoms with van der Waals surface area (Å²) < 4.78 is 5.50. The van der Waals surface area contributed by atoms with E-state index in [9.17, 15) is 4.79 Å². The summed E-state index contributed by atoms with van der Waals surface area (Å²) in [6.07, 6.45) is -0.233. The first-order chi connectivity index (χ1) is 10.2. The minimum absolute atomic E-state index is 0.101. The van der Waals surface area contributed by atoms with Crippen molar-refractivity contribution in [3.05, 3.63) is 24.3 Å². The van der Waals surface area contributed by atoms with E-state index in [0.717, 1.165) is 17.9 Å². The predicted molar refractivity (Wildman–Crippen MR) is 90.1 cm³/mol. The molecule has 1 amide bonds. The molecule has 1 aromatic carbocycles. The number of carbonyl (C=O) groups is 1. The number of ether oxygens (including phenoxy) is 1. The first-order valence-corrected chi connectivity index (χ1v) is 7.79. The molecule has 1 aliphatic rings. The second kappa shape index (κ2) is 6.07. The highest BCUT2D eigenvalue weighted by molar-refractivity contribution is 5.69. The van der Waals surface area contributed by atoms with Crippen LogP contribution in [0.3, 0.4) is 0 Å². The highest BCUT2D eigenvalue weighted by atomic mass is 16.6. The standard InChI is InChI=1S/C17H27N3O2/c1-12-11-20(16(21)22-17(3,4)5)13(2)10-19(12)15-8-6-14(18)7-9-15/h6-9,12-13H,10-11,18H2,1-5H3/t12-,13-/m1/s1. The first kappa shape index (κ1) is 16.5. The van der Waals surface area contributed by atoms with Gasteiger partial charge in [-0.2, -0.15) is 0 Å². The van der Waals surface area contributed by atoms with E-state index in [0.29, 0.717) is 6.54 Å². The molecule has 1 aliphatic heterocycles. The second-order valence-electron chi connectivity index (χ2n) is 7.07. The molecule has 1 saturated heterocycles. The minimum Gasteiger partial charge on any atom is -0.444 e. The minimum atomic E-state index is -0.464. The Kier molecular flexibility index (Phi) is 4.54. The van der Waals surface area contributed by atoms with Crippen LogP contribution < -0.4 is 10.6 Å². The SMILES string of the molecule is C[C@@H]1CN(c2ccc(N)cc2)[C@H](C)CN1C(=O)OC(C)(C)C. The third kappa shape index (κ3) is 3.84. The van der Waals surface area contributed by atoms with Gasteiger partial charge in [0.25, 0.3) is 0 Å². The van der Waals surface area contributed by atoms with Crippen molar-refractivity contribution in [2.24, 2.45) is 0 Å². The molecular formula is C17H27N3O2. The molecule has 0 aliphatic carbocycles. The lowest BCUT2D eigenvalue weighted by atomic mass is 10.1. The van der Waals surface area contributed by atoms with Gasteiger partial charge in [0.05, 0.1) is 0 Å². The number of piperazine rings is 1. The van der Waals surface area contributed by atoms with E-state index in [1.807, 2.05) is 49.9 Å². The third-order valence-corrected chi connectivity index (χ3v) is 3.84. The molecule has 1 heterocycles. The number of benzene rings is 1. The van der Waals surface area contributed by atoms with Gasteiger partial charge >= 0.3 is 6.09 Å². The van der Waals surface area contributed by atoms with Crippen LogP contribution in [-0.2, 0) is 4.74 Å². The van der Waals surface area contributed by atoms with Crippen LogP contribution in [-0.4, -0.2) is 41.8 Å². The first-order valence-electron chi connectivity index (χ1n) is 7.79. The number of nitrogens with two attached hydrogens (primary N) is 1. The van der Waals surface area contributed by atoms with Crippen molar-refractivity contribution >= 4 is 17.5 Å². The Balaban J connectivity index is 2.08. The Bertz CT molecular complexity index is 522. The van der Waals surface area contributed by atoms with E-state index in [-0.39, 0.29) is 18.2 Å². The molecule has 5 nitrogen and oxygen atoms in total. The fourth-order valence-corrected chi connectivity index (χ4v) is 2.73. The molecular weight excluding hydrogens is 278 g/mol. The maximum absolute atomic E-state index is 12.3. The van der Waals surface area contributed by atoms with Crippen molar-refractivity contribution in [2.45, 2.75) is 52.3 Å². The van der Waals surface area contributed by atoms with Crippen molar-refractivity contribution in [2.75, 3.05) is 23.7 Å². The maximum Gasteiger partial charge on any atom is 0.410 e. The van der Waals surface area contributed by atoms with Crippen LogP contribution in [0.4, 0.5) is 16.2 Å². The van der Waals surface area contributed by atoms with Gasteiger partial charge in [-0.1, -0.05) is 0 Å². The molecule has 1 fully saturated rings. The topological polar surface area (TPSA) is 58.8 Å². The van der Waals surface area contributed by atoms with E-state index >= 15 is 0 Å². The second-order valence-corrected chi connectivity index (χ2v) is 7.07. The van der Waals surface area contributed by atoms with Crippen molar-refractivity contribution in [1.29, 1.82) is 0 Å². The monoisotopic (exact) mass is 305 g/mol. The van der Waals surface area contributed by atoms with Gasteiger partial charge in [-0.3, -0.25) is 0 Å². The Morgan fingerprint density at radius 3 is 2.27 bits per heavy atom. The van der Waals surface area contributed by atoms with Crippen LogP contribution in [0.5, 0.6) is 0 Å². The highest BCUT2D eigenvalue weighted by Crippen LogP contribution is 2.25. The highest BCUT2D eigenvalue weighted by Gasteiger charge is 2.34. The number of carbonyl (C=O) groups excluding carboxylic acids is 1. The molecule has 0 unspecified atom stereocenters. The number of hydrogen-bond donors (Lipinski definition) is 1. The smallest absolute Gasteiger partial charge is 0.410 e. The third-order valence-electron chi connectivity index (χ3n) is 3.84. The molecule has 2 rings (SSSR count). The molecule has 1 aromatic rings. The molecule has 0 radical (unpaired) electrons. The van der Waals surface area contributed by atoms with E-state index in [2.05, 4.69) is 18.7 Å². The van der Waals surface area contributed by atoms with Gasteiger partial charge in [-0.15, -0.1) is 0 Å². The van der Waals surface area contributed by atoms with Crippen LogP contribution in [0.25, 0.3) is 0 Å². The summed E-state index contributed by atoms with van der Waals surface area (Å²) in [5.41, 5.74) is 7.18. The predicted octanol–water partition coefficient (Wildman–Crippen LogP) is 3.10. The van der Waals surface area contributed by atoms with Crippen LogP contribution >= 0.6 is 0 Å². The van der Waals surface area contributed by atoms with Crippen molar-refractivity contribution in [3.8, 4) is 0 Å². The zero-order valence-electron chi connectivity index (χ0n) is 14.2. The Hall–Kier alpha value is -1.91. The maximum atomic E-state index is 12.3. The number of anilines is 2. The molecule has 2 N–H and O–H groups in total. The number of hydrogen-bond acceptors (Lipinski definition) is 4. The summed E-state index contributed by atoms with van der Waals surface area (Å²) >= 11 is 0. The summed E-state index contributed by atoms with van der Waals surface area (Å²) in [5, 5.41) is 0. The van der Waals surface area contributed by atoms with Gasteiger partial charge in [0.2, 0.25) is 0 Å². The quantitative estimate of drug-likeness (QED) is 0.810. The van der Waals surface area contributed by atoms with Gasteiger partial charge in [0, 0.05) is 36.5 Å². The molecule has 0 bridgehead atoms. The summed E-state index contributed by atoms with van der Waals surface area (Å²) in [6, 6.07) is 8.21. The number of nitrogen functional groups attached to an aromatic ring is 1. The zero-order valence-corrected chi connectivity index (χ0v) is 14.2. The molecule has 5 heteroatoms. The largest absolute Gasteiger partial charge is 0.444 e. The molecule has 0 spiro atoms. The molecule has 22 heavy (non-hydrogen) atoms. The summed E-state index contributed by atoms with van der Waals surface area (Å²) in [7, 11) is 0. The molecule has 122 valence electrons. The number of amides is 1. The summed E-state index contributed by atoms with van der Waals surface area (Å²) in [5.74, 6) is 0. The van der Waals surface area contributed by atoms with E-state index in [4.69, 9.17) is 10.5 Å². The van der Waals surface area contributed by atoms with Gasteiger partial charge in [0.1, 0.15) is 5.60 Å². The molecule has 0 aromatic heterocycles. The van der Waals surface area contributed by atoms with Gasteiger partial charge in [-0.25, -0.2) is 4.79 Å². The van der Waals surface area contributed by atoms with E-state index < -0.39 is 5.60 Å². The van der Waals surface area contributed by atoms with E-state index in [1.165, 1.54) is 0 Å². The van der Waals surface area contributed by atoms with Crippen LogP contribution in [0.2, 0.25) is 0 Å². The molecule has 0 saturated carbocycles. The molecule has 2 atom stereocenters. The Labute approximate surface area is 133 Å². The fourth-order valence-electron chi connectivity index (χ4n) is 2.73. The zero-order chi connectivity index (χ0) is 16.5. The van der Waals surface area contributed by atoms with Crippen molar-refractivity contribution in [3.63, 3.8) is 0 Å². The number of rotatable bonds is 1. The van der Waals surface area contributed by atoms with Crippen LogP contribution in [0, 0.1) is 0 Å². The lowest BCUT2D eigenvalue weighted by Gasteiger charge is -2.45. The van der Waals surface area contributed by atoms with Crippen LogP contribution in [0.1, 0.15) is 34.6 Å². The van der Waals surface area contributed by atoms with Crippen LogP contribution in [0.15, 0.2) is 24.3 Å². The fraction of sp³-hybridized carbons (Fsp3) is 0.588.